The van der Waals surface area contributed by atoms with Crippen LogP contribution in [0, 0.1) is 11.7 Å². The van der Waals surface area contributed by atoms with E-state index in [0.717, 1.165) is 0 Å². The number of halogens is 1. The Bertz CT molecular complexity index is 715. The largest absolute Gasteiger partial charge is 0.480 e. The van der Waals surface area contributed by atoms with Crippen molar-refractivity contribution in [3.05, 3.63) is 51.7 Å². The van der Waals surface area contributed by atoms with Crippen molar-refractivity contribution in [3.63, 3.8) is 0 Å². The molecule has 0 bridgehead atoms. The number of hydrogen-bond donors (Lipinski definition) is 2. The summed E-state index contributed by atoms with van der Waals surface area (Å²) < 4.78 is 13.6. The van der Waals surface area contributed by atoms with Gasteiger partial charge in [-0.05, 0) is 17.5 Å². The Morgan fingerprint density at radius 3 is 2.65 bits per heavy atom. The molecule has 1 aromatic carbocycles. The number of nitrogens with one attached hydrogen (secondary N) is 1. The number of amides is 1. The van der Waals surface area contributed by atoms with E-state index >= 15 is 0 Å². The molecule has 7 heteroatoms. The molecule has 1 aromatic heterocycles. The maximum atomic E-state index is 13.6. The Kier molecular flexibility index (Phi) is 5.44. The summed E-state index contributed by atoms with van der Waals surface area (Å²) in [4.78, 5) is 27.4. The molecule has 1 heterocycles. The molecule has 0 aliphatic carbocycles. The topological polar surface area (TPSA) is 79.3 Å². The van der Waals surface area contributed by atoms with Gasteiger partial charge in [0.1, 0.15) is 17.6 Å². The summed E-state index contributed by atoms with van der Waals surface area (Å²) in [5, 5.41) is 13.7. The number of rotatable bonds is 6. The van der Waals surface area contributed by atoms with Crippen LogP contribution in [0.2, 0.25) is 0 Å². The minimum Gasteiger partial charge on any atom is -0.480 e. The summed E-state index contributed by atoms with van der Waals surface area (Å²) >= 11 is 1.24. The first kappa shape index (κ1) is 17.1. The average Bonchev–Trinajstić information content (AvgIpc) is 2.95. The first-order valence-corrected chi connectivity index (χ1v) is 7.98. The second kappa shape index (κ2) is 7.32. The first-order valence-electron chi connectivity index (χ1n) is 7.10. The van der Waals surface area contributed by atoms with Crippen LogP contribution in [0.25, 0.3) is 0 Å². The molecular formula is C16H17FN2O3S. The second-order valence-electron chi connectivity index (χ2n) is 5.43. The van der Waals surface area contributed by atoms with E-state index in [4.69, 9.17) is 5.11 Å². The molecule has 0 spiro atoms. The lowest BCUT2D eigenvalue weighted by atomic mass is 10.0. The second-order valence-corrected chi connectivity index (χ2v) is 6.37. The Balaban J connectivity index is 2.08. The number of hydrogen-bond acceptors (Lipinski definition) is 4. The molecule has 0 aliphatic rings. The molecule has 1 amide bonds. The zero-order valence-electron chi connectivity index (χ0n) is 12.7. The van der Waals surface area contributed by atoms with E-state index < -0.39 is 17.9 Å². The maximum absolute atomic E-state index is 13.6. The lowest BCUT2D eigenvalue weighted by Gasteiger charge is -2.16. The molecule has 5 nitrogen and oxygen atoms in total. The zero-order chi connectivity index (χ0) is 17.0. The van der Waals surface area contributed by atoms with Crippen molar-refractivity contribution in [3.8, 4) is 0 Å². The first-order chi connectivity index (χ1) is 10.9. The summed E-state index contributed by atoms with van der Waals surface area (Å²) in [6, 6.07) is 5.41. The van der Waals surface area contributed by atoms with E-state index in [-0.39, 0.29) is 23.8 Å². The molecule has 1 atom stereocenters. The van der Waals surface area contributed by atoms with Crippen molar-refractivity contribution in [2.45, 2.75) is 26.3 Å². The third-order valence-electron chi connectivity index (χ3n) is 3.30. The van der Waals surface area contributed by atoms with Gasteiger partial charge in [-0.2, -0.15) is 0 Å². The van der Waals surface area contributed by atoms with Gasteiger partial charge in [0, 0.05) is 11.8 Å². The Labute approximate surface area is 137 Å². The van der Waals surface area contributed by atoms with Crippen LogP contribution in [-0.2, 0) is 11.2 Å². The van der Waals surface area contributed by atoms with Crippen LogP contribution in [0.5, 0.6) is 0 Å². The predicted molar refractivity (Wildman–Crippen MR) is 85.0 cm³/mol. The van der Waals surface area contributed by atoms with Gasteiger partial charge in [-0.25, -0.2) is 14.2 Å². The highest BCUT2D eigenvalue weighted by Gasteiger charge is 2.25. The van der Waals surface area contributed by atoms with Crippen molar-refractivity contribution >= 4 is 23.2 Å². The summed E-state index contributed by atoms with van der Waals surface area (Å²) in [5.74, 6) is -2.19. The molecule has 2 N–H and O–H groups in total. The van der Waals surface area contributed by atoms with E-state index in [9.17, 15) is 14.0 Å². The molecule has 0 saturated carbocycles. The third kappa shape index (κ3) is 4.35. The summed E-state index contributed by atoms with van der Waals surface area (Å²) in [5.41, 5.74) is 0.646. The molecule has 0 saturated heterocycles. The molecular weight excluding hydrogens is 319 g/mol. The maximum Gasteiger partial charge on any atom is 0.326 e. The summed E-state index contributed by atoms with van der Waals surface area (Å²) in [6.45, 7) is 3.42. The molecule has 2 aromatic rings. The van der Waals surface area contributed by atoms with Crippen LogP contribution in [0.15, 0.2) is 29.6 Å². The van der Waals surface area contributed by atoms with Crippen molar-refractivity contribution in [1.82, 2.24) is 10.3 Å². The number of carbonyl (C=O) groups excluding carboxylic acids is 1. The predicted octanol–water partition coefficient (Wildman–Crippen LogP) is 2.71. The smallest absolute Gasteiger partial charge is 0.326 e. The number of carboxylic acid groups (broad SMARTS) is 1. The monoisotopic (exact) mass is 336 g/mol. The highest BCUT2D eigenvalue weighted by atomic mass is 32.1. The summed E-state index contributed by atoms with van der Waals surface area (Å²) in [6.07, 6.45) is 0.289. The Hall–Kier alpha value is -2.28. The molecule has 1 unspecified atom stereocenters. The van der Waals surface area contributed by atoms with Crippen molar-refractivity contribution < 1.29 is 19.1 Å². The van der Waals surface area contributed by atoms with Crippen LogP contribution in [0.1, 0.15) is 34.9 Å². The van der Waals surface area contributed by atoms with Crippen molar-refractivity contribution in [2.75, 3.05) is 0 Å². The molecule has 23 heavy (non-hydrogen) atoms. The highest BCUT2D eigenvalue weighted by molar-refractivity contribution is 7.09. The fraction of sp³-hybridized carbons (Fsp3) is 0.312. The normalized spacial score (nSPS) is 12.2. The number of carboxylic acids is 1. The number of aliphatic carboxylic acids is 1. The molecule has 2 rings (SSSR count). The van der Waals surface area contributed by atoms with E-state index in [1.165, 1.54) is 17.4 Å². The van der Waals surface area contributed by atoms with E-state index in [2.05, 4.69) is 10.3 Å². The van der Waals surface area contributed by atoms with Gasteiger partial charge < -0.3 is 10.4 Å². The SMILES string of the molecule is CC(C)C(NC(=O)c1csc(Cc2ccccc2F)n1)C(=O)O. The van der Waals surface area contributed by atoms with E-state index in [1.807, 2.05) is 0 Å². The number of carbonyl (C=O) groups is 2. The van der Waals surface area contributed by atoms with E-state index in [1.54, 1.807) is 37.4 Å². The number of thiazole rings is 1. The lowest BCUT2D eigenvalue weighted by molar-refractivity contribution is -0.140. The third-order valence-corrected chi connectivity index (χ3v) is 4.15. The van der Waals surface area contributed by atoms with Gasteiger partial charge in [-0.1, -0.05) is 32.0 Å². The Morgan fingerprint density at radius 1 is 1.35 bits per heavy atom. The number of benzene rings is 1. The van der Waals surface area contributed by atoms with Gasteiger partial charge in [-0.3, -0.25) is 4.79 Å². The van der Waals surface area contributed by atoms with Gasteiger partial charge in [0.2, 0.25) is 0 Å². The fourth-order valence-corrected chi connectivity index (χ4v) is 2.83. The molecule has 122 valence electrons. The number of aromatic nitrogens is 1. The minimum atomic E-state index is -1.09. The van der Waals surface area contributed by atoms with Crippen LogP contribution in [-0.4, -0.2) is 28.0 Å². The van der Waals surface area contributed by atoms with Gasteiger partial charge in [-0.15, -0.1) is 11.3 Å². The van der Waals surface area contributed by atoms with Gasteiger partial charge in [0.15, 0.2) is 0 Å². The minimum absolute atomic E-state index is 0.147. The van der Waals surface area contributed by atoms with E-state index in [0.29, 0.717) is 10.6 Å². The van der Waals surface area contributed by atoms with Gasteiger partial charge >= 0.3 is 5.97 Å². The molecule has 0 aliphatic heterocycles. The molecule has 0 fully saturated rings. The van der Waals surface area contributed by atoms with Gasteiger partial charge in [0.25, 0.3) is 5.91 Å². The number of nitrogens with zero attached hydrogens (tertiary/aromatic N) is 1. The fourth-order valence-electron chi connectivity index (χ4n) is 2.03. The summed E-state index contributed by atoms with van der Waals surface area (Å²) in [7, 11) is 0. The van der Waals surface area contributed by atoms with Crippen LogP contribution >= 0.6 is 11.3 Å². The quantitative estimate of drug-likeness (QED) is 0.850. The lowest BCUT2D eigenvalue weighted by Crippen LogP contribution is -2.44. The molecule has 0 radical (unpaired) electrons. The van der Waals surface area contributed by atoms with Crippen molar-refractivity contribution in [2.24, 2.45) is 5.92 Å². The van der Waals surface area contributed by atoms with Crippen LogP contribution < -0.4 is 5.32 Å². The zero-order valence-corrected chi connectivity index (χ0v) is 13.6. The Morgan fingerprint density at radius 2 is 2.04 bits per heavy atom. The standard InChI is InChI=1S/C16H17FN2O3S/c1-9(2)14(16(21)22)19-15(20)12-8-23-13(18-12)7-10-5-3-4-6-11(10)17/h3-6,8-9,14H,7H2,1-2H3,(H,19,20)(H,21,22). The van der Waals surface area contributed by atoms with Crippen LogP contribution in [0.3, 0.4) is 0 Å². The van der Waals surface area contributed by atoms with Crippen LogP contribution in [0.4, 0.5) is 4.39 Å². The average molecular weight is 336 g/mol. The van der Waals surface area contributed by atoms with Gasteiger partial charge in [0.05, 0.1) is 5.01 Å². The highest BCUT2D eigenvalue weighted by Crippen LogP contribution is 2.17. The van der Waals surface area contributed by atoms with Crippen molar-refractivity contribution in [1.29, 1.82) is 0 Å².